The maximum Gasteiger partial charge on any atom is 0.347 e. The number of carboxylic acids is 1. The largest absolute Gasteiger partial charge is 0.478 e. The summed E-state index contributed by atoms with van der Waals surface area (Å²) < 4.78 is 11.2. The van der Waals surface area contributed by atoms with Gasteiger partial charge in [-0.15, -0.1) is 11.3 Å². The molecule has 0 aliphatic heterocycles. The van der Waals surface area contributed by atoms with Crippen molar-refractivity contribution < 1.29 is 24.2 Å². The van der Waals surface area contributed by atoms with Crippen LogP contribution in [0.2, 0.25) is 0 Å². The molecule has 1 heterocycles. The molecule has 0 fully saturated rings. The molecule has 106 valence electrons. The first-order valence-corrected chi connectivity index (χ1v) is 6.77. The van der Waals surface area contributed by atoms with Crippen molar-refractivity contribution >= 4 is 33.2 Å². The lowest BCUT2D eigenvalue weighted by Crippen LogP contribution is -2.31. The zero-order valence-corrected chi connectivity index (χ0v) is 11.9. The van der Waals surface area contributed by atoms with Crippen molar-refractivity contribution in [1.82, 2.24) is 0 Å². The van der Waals surface area contributed by atoms with Crippen LogP contribution in [0.5, 0.6) is 5.75 Å². The Morgan fingerprint density at radius 3 is 2.65 bits per heavy atom. The number of methoxy groups -OCH3 is 1. The molecule has 5 nitrogen and oxygen atoms in total. The number of aliphatic carboxylic acids is 1. The number of Topliss-reactive ketones (excluding diaryl/α,β-unsaturated/α-hetero) is 1. The fourth-order valence-corrected chi connectivity index (χ4v) is 2.85. The van der Waals surface area contributed by atoms with E-state index in [9.17, 15) is 9.59 Å². The van der Waals surface area contributed by atoms with E-state index in [4.69, 9.17) is 14.6 Å². The average Bonchev–Trinajstić information content (AvgIpc) is 2.77. The Bertz CT molecular complexity index is 646. The molecule has 0 saturated carbocycles. The van der Waals surface area contributed by atoms with Crippen LogP contribution < -0.4 is 4.74 Å². The maximum atomic E-state index is 11.7. The molecule has 6 heteroatoms. The van der Waals surface area contributed by atoms with Crippen molar-refractivity contribution in [3.8, 4) is 5.75 Å². The van der Waals surface area contributed by atoms with Gasteiger partial charge in [-0.2, -0.15) is 0 Å². The Kier molecular flexibility index (Phi) is 4.36. The lowest BCUT2D eigenvalue weighted by molar-refractivity contribution is -0.147. The molecule has 0 aliphatic carbocycles. The highest BCUT2D eigenvalue weighted by atomic mass is 32.1. The molecule has 2 aromatic rings. The number of ketones is 1. The molecule has 0 saturated heterocycles. The monoisotopic (exact) mass is 294 g/mol. The van der Waals surface area contributed by atoms with E-state index in [0.29, 0.717) is 10.6 Å². The normalized spacial score (nSPS) is 12.3. The van der Waals surface area contributed by atoms with Crippen LogP contribution in [0.25, 0.3) is 10.1 Å². The Labute approximate surface area is 119 Å². The number of benzene rings is 1. The number of fused-ring (bicyclic) bond motifs is 1. The van der Waals surface area contributed by atoms with Gasteiger partial charge in [0.2, 0.25) is 6.10 Å². The minimum Gasteiger partial charge on any atom is -0.478 e. The third-order valence-corrected chi connectivity index (χ3v) is 3.98. The first-order chi connectivity index (χ1) is 9.54. The Morgan fingerprint density at radius 1 is 1.35 bits per heavy atom. The predicted molar refractivity (Wildman–Crippen MR) is 75.8 cm³/mol. The van der Waals surface area contributed by atoms with Gasteiger partial charge in [0.15, 0.2) is 5.78 Å². The van der Waals surface area contributed by atoms with Crippen LogP contribution >= 0.6 is 11.3 Å². The topological polar surface area (TPSA) is 72.8 Å². The summed E-state index contributed by atoms with van der Waals surface area (Å²) in [4.78, 5) is 23.3. The van der Waals surface area contributed by atoms with E-state index in [1.165, 1.54) is 25.4 Å². The zero-order chi connectivity index (χ0) is 14.7. The van der Waals surface area contributed by atoms with E-state index in [1.807, 2.05) is 18.2 Å². The molecule has 0 bridgehead atoms. The van der Waals surface area contributed by atoms with Gasteiger partial charge in [0.05, 0.1) is 6.61 Å². The second-order valence-electron chi connectivity index (χ2n) is 4.21. The second-order valence-corrected chi connectivity index (χ2v) is 5.26. The minimum atomic E-state index is -1.14. The van der Waals surface area contributed by atoms with Crippen molar-refractivity contribution in [2.75, 3.05) is 13.7 Å². The fraction of sp³-hybridized carbons (Fsp3) is 0.286. The maximum absolute atomic E-state index is 11.7. The number of carbonyl (C=O) groups is 2. The van der Waals surface area contributed by atoms with Gasteiger partial charge in [-0.25, -0.2) is 4.79 Å². The lowest BCUT2D eigenvalue weighted by Gasteiger charge is -2.14. The first kappa shape index (κ1) is 14.5. The van der Waals surface area contributed by atoms with Crippen molar-refractivity contribution in [1.29, 1.82) is 0 Å². The molecule has 1 N–H and O–H groups in total. The van der Waals surface area contributed by atoms with Crippen LogP contribution in [0.15, 0.2) is 24.3 Å². The van der Waals surface area contributed by atoms with Crippen LogP contribution in [0.1, 0.15) is 16.6 Å². The number of carbonyl (C=O) groups excluding carboxylic acids is 1. The quantitative estimate of drug-likeness (QED) is 0.829. The van der Waals surface area contributed by atoms with E-state index < -0.39 is 12.1 Å². The summed E-state index contributed by atoms with van der Waals surface area (Å²) in [6.07, 6.45) is -1.14. The van der Waals surface area contributed by atoms with Crippen molar-refractivity contribution in [2.45, 2.75) is 13.0 Å². The van der Waals surface area contributed by atoms with E-state index in [1.54, 1.807) is 6.07 Å². The number of hydrogen-bond donors (Lipinski definition) is 1. The first-order valence-electron chi connectivity index (χ1n) is 5.95. The van der Waals surface area contributed by atoms with Crippen LogP contribution in [-0.2, 0) is 9.53 Å². The summed E-state index contributed by atoms with van der Waals surface area (Å²) in [5.41, 5.74) is 0. The highest BCUT2D eigenvalue weighted by molar-refractivity contribution is 7.21. The van der Waals surface area contributed by atoms with Gasteiger partial charge in [-0.3, -0.25) is 4.79 Å². The van der Waals surface area contributed by atoms with Crippen molar-refractivity contribution in [3.05, 3.63) is 29.1 Å². The van der Waals surface area contributed by atoms with Gasteiger partial charge in [0.1, 0.15) is 10.6 Å². The number of rotatable bonds is 6. The third kappa shape index (κ3) is 2.81. The number of carboxylic acid groups (broad SMARTS) is 1. The van der Waals surface area contributed by atoms with Gasteiger partial charge in [0.25, 0.3) is 0 Å². The highest BCUT2D eigenvalue weighted by Gasteiger charge is 2.24. The summed E-state index contributed by atoms with van der Waals surface area (Å²) in [5.74, 6) is -0.957. The summed E-state index contributed by atoms with van der Waals surface area (Å²) >= 11 is 1.30. The molecule has 2 rings (SSSR count). The lowest BCUT2D eigenvalue weighted by atomic mass is 10.2. The van der Waals surface area contributed by atoms with E-state index >= 15 is 0 Å². The highest BCUT2D eigenvalue weighted by Crippen LogP contribution is 2.38. The molecule has 1 atom stereocenters. The smallest absolute Gasteiger partial charge is 0.347 e. The van der Waals surface area contributed by atoms with Crippen LogP contribution in [0.3, 0.4) is 0 Å². The van der Waals surface area contributed by atoms with E-state index in [0.717, 1.165) is 10.1 Å². The van der Waals surface area contributed by atoms with E-state index in [2.05, 4.69) is 0 Å². The van der Waals surface area contributed by atoms with Crippen LogP contribution in [0.4, 0.5) is 0 Å². The fourth-order valence-electron chi connectivity index (χ4n) is 1.82. The number of hydrogen-bond acceptors (Lipinski definition) is 5. The molecule has 0 spiro atoms. The van der Waals surface area contributed by atoms with Gasteiger partial charge in [-0.05, 0) is 12.1 Å². The predicted octanol–water partition coefficient (Wildman–Crippen LogP) is 2.58. The van der Waals surface area contributed by atoms with Gasteiger partial charge < -0.3 is 14.6 Å². The number of thiophene rings is 1. The molecular formula is C14H14O5S. The molecule has 20 heavy (non-hydrogen) atoms. The van der Waals surface area contributed by atoms with Crippen molar-refractivity contribution in [3.63, 3.8) is 0 Å². The molecule has 1 aromatic carbocycles. The van der Waals surface area contributed by atoms with Crippen LogP contribution in [0, 0.1) is 0 Å². The zero-order valence-electron chi connectivity index (χ0n) is 11.1. The minimum absolute atomic E-state index is 0.0865. The summed E-state index contributed by atoms with van der Waals surface area (Å²) in [7, 11) is 1.40. The molecule has 0 aliphatic rings. The van der Waals surface area contributed by atoms with E-state index in [-0.39, 0.29) is 12.4 Å². The Hall–Kier alpha value is -1.92. The Balaban J connectivity index is 2.48. The van der Waals surface area contributed by atoms with Crippen LogP contribution in [-0.4, -0.2) is 36.7 Å². The summed E-state index contributed by atoms with van der Waals surface area (Å²) in [6, 6.07) is 7.35. The van der Waals surface area contributed by atoms with Gasteiger partial charge >= 0.3 is 5.97 Å². The van der Waals surface area contributed by atoms with Gasteiger partial charge in [-0.1, -0.05) is 12.1 Å². The second kappa shape index (κ2) is 6.02. The average molecular weight is 294 g/mol. The Morgan fingerprint density at radius 2 is 2.05 bits per heavy atom. The molecule has 1 aromatic heterocycles. The van der Waals surface area contributed by atoms with Gasteiger partial charge in [0, 0.05) is 24.1 Å². The summed E-state index contributed by atoms with van der Waals surface area (Å²) in [5, 5.41) is 9.86. The molecule has 0 radical (unpaired) electrons. The SMILES string of the molecule is COCC(Oc1c(C(C)=O)sc2ccccc12)C(=O)O. The molecule has 0 amide bonds. The molecule has 1 unspecified atom stereocenters. The summed E-state index contributed by atoms with van der Waals surface area (Å²) in [6.45, 7) is 1.35. The third-order valence-electron chi connectivity index (χ3n) is 2.72. The van der Waals surface area contributed by atoms with Crippen molar-refractivity contribution in [2.24, 2.45) is 0 Å². The molecular weight excluding hydrogens is 280 g/mol. The number of ether oxygens (including phenoxy) is 2. The standard InChI is InChI=1S/C14H14O5S/c1-8(15)13-12(19-10(7-18-2)14(16)17)9-5-3-4-6-11(9)20-13/h3-6,10H,7H2,1-2H3,(H,16,17).